The first kappa shape index (κ1) is 35.3. The van der Waals surface area contributed by atoms with E-state index in [0.29, 0.717) is 63.3 Å². The summed E-state index contributed by atoms with van der Waals surface area (Å²) in [6.07, 6.45) is 3.78. The molecule has 1 aliphatic heterocycles. The number of unbranched alkanes of at least 4 members (excludes halogenated alkanes) is 2. The number of anilines is 1. The van der Waals surface area contributed by atoms with Crippen LogP contribution in [0.25, 0.3) is 5.76 Å². The van der Waals surface area contributed by atoms with Crippen molar-refractivity contribution >= 4 is 57.3 Å². The third kappa shape index (κ3) is 8.32. The SMILES string of the molecule is CCCCOc1ccc(/C(O)=C2\C(=O)C(=O)N(c3nnc(SCc4ccc(Cl)cc4)s3)C2c2ccc(OCCCC)c(OCC)c2)cc1. The van der Waals surface area contributed by atoms with Gasteiger partial charge in [-0.3, -0.25) is 14.5 Å². The van der Waals surface area contributed by atoms with Gasteiger partial charge in [0.1, 0.15) is 11.5 Å². The maximum atomic E-state index is 13.8. The van der Waals surface area contributed by atoms with Crippen LogP contribution in [0.4, 0.5) is 5.13 Å². The number of carbonyl (C=O) groups is 2. The molecule has 1 unspecified atom stereocenters. The summed E-state index contributed by atoms with van der Waals surface area (Å²) in [4.78, 5) is 28.9. The van der Waals surface area contributed by atoms with Gasteiger partial charge in [-0.2, -0.15) is 0 Å². The van der Waals surface area contributed by atoms with E-state index in [1.807, 2.05) is 31.2 Å². The summed E-state index contributed by atoms with van der Waals surface area (Å²) < 4.78 is 18.3. The number of Topliss-reactive ketones (excluding diaryl/α,β-unsaturated/α-hetero) is 1. The largest absolute Gasteiger partial charge is 0.507 e. The zero-order valence-corrected chi connectivity index (χ0v) is 29.5. The number of aliphatic hydroxyl groups is 1. The minimum atomic E-state index is -1.00. The van der Waals surface area contributed by atoms with E-state index in [1.54, 1.807) is 42.5 Å². The lowest BCUT2D eigenvalue weighted by atomic mass is 9.95. The number of halogens is 1. The summed E-state index contributed by atoms with van der Waals surface area (Å²) in [6, 6.07) is 18.6. The fraction of sp³-hybridized carbons (Fsp3) is 0.333. The van der Waals surface area contributed by atoms with Crippen LogP contribution in [-0.2, 0) is 15.3 Å². The van der Waals surface area contributed by atoms with Gasteiger partial charge in [-0.05, 0) is 79.4 Å². The Bertz CT molecular complexity index is 1740. The number of ketones is 1. The van der Waals surface area contributed by atoms with E-state index in [2.05, 4.69) is 24.0 Å². The van der Waals surface area contributed by atoms with E-state index in [0.717, 1.165) is 31.2 Å². The average molecular weight is 708 g/mol. The van der Waals surface area contributed by atoms with E-state index in [1.165, 1.54) is 28.0 Å². The lowest BCUT2D eigenvalue weighted by molar-refractivity contribution is -0.132. The Morgan fingerprint density at radius 2 is 1.60 bits per heavy atom. The number of ether oxygens (including phenoxy) is 3. The predicted molar refractivity (Wildman–Crippen MR) is 191 cm³/mol. The standard InChI is InChI=1S/C36H38ClN3O6S2/c1-4-7-19-45-27-16-11-24(12-17-27)32(41)30-31(25-13-18-28(46-20-8-5-2)29(21-25)44-6-3)40(34(43)33(30)42)35-38-39-36(48-35)47-22-23-9-14-26(37)15-10-23/h9-18,21,31,41H,4-8,19-20,22H2,1-3H3/b32-30+. The molecule has 3 aromatic carbocycles. The summed E-state index contributed by atoms with van der Waals surface area (Å²) in [5.74, 6) is 0.352. The fourth-order valence-corrected chi connectivity index (χ4v) is 6.99. The highest BCUT2D eigenvalue weighted by Crippen LogP contribution is 2.46. The summed E-state index contributed by atoms with van der Waals surface area (Å²) in [5.41, 5.74) is 1.91. The molecule has 0 bridgehead atoms. The molecule has 48 heavy (non-hydrogen) atoms. The molecule has 9 nitrogen and oxygen atoms in total. The van der Waals surface area contributed by atoms with Gasteiger partial charge < -0.3 is 19.3 Å². The summed E-state index contributed by atoms with van der Waals surface area (Å²) in [5, 5.41) is 21.2. The summed E-state index contributed by atoms with van der Waals surface area (Å²) in [7, 11) is 0. The predicted octanol–water partition coefficient (Wildman–Crippen LogP) is 8.87. The van der Waals surface area contributed by atoms with Gasteiger partial charge in [-0.1, -0.05) is 79.6 Å². The number of carbonyl (C=O) groups excluding carboxylic acids is 2. The van der Waals surface area contributed by atoms with Crippen LogP contribution in [0.5, 0.6) is 17.2 Å². The molecule has 4 aromatic rings. The van der Waals surface area contributed by atoms with Crippen LogP contribution >= 0.6 is 34.7 Å². The molecule has 5 rings (SSSR count). The van der Waals surface area contributed by atoms with Gasteiger partial charge in [-0.15, -0.1) is 10.2 Å². The Morgan fingerprint density at radius 3 is 2.29 bits per heavy atom. The lowest BCUT2D eigenvalue weighted by Crippen LogP contribution is -2.29. The Kier molecular flexibility index (Phi) is 12.4. The number of nitrogens with zero attached hydrogens (tertiary/aromatic N) is 3. The lowest BCUT2D eigenvalue weighted by Gasteiger charge is -2.23. The van der Waals surface area contributed by atoms with Crippen LogP contribution in [-0.4, -0.2) is 46.8 Å². The fourth-order valence-electron chi connectivity index (χ4n) is 5.04. The number of aliphatic hydroxyl groups excluding tert-OH is 1. The minimum absolute atomic E-state index is 0.0627. The van der Waals surface area contributed by atoms with Crippen LogP contribution in [0.2, 0.25) is 5.02 Å². The number of aromatic nitrogens is 2. The van der Waals surface area contributed by atoms with Gasteiger partial charge in [-0.25, -0.2) is 0 Å². The first-order chi connectivity index (χ1) is 23.3. The van der Waals surface area contributed by atoms with Crippen molar-refractivity contribution in [1.29, 1.82) is 0 Å². The molecule has 1 atom stereocenters. The molecule has 1 amide bonds. The van der Waals surface area contributed by atoms with E-state index >= 15 is 0 Å². The van der Waals surface area contributed by atoms with Gasteiger partial charge in [0.2, 0.25) is 5.13 Å². The van der Waals surface area contributed by atoms with Gasteiger partial charge >= 0.3 is 5.91 Å². The number of amides is 1. The zero-order chi connectivity index (χ0) is 34.0. The number of hydrogen-bond acceptors (Lipinski definition) is 10. The molecule has 1 aliphatic rings. The molecule has 1 fully saturated rings. The van der Waals surface area contributed by atoms with Crippen LogP contribution in [0.15, 0.2) is 76.6 Å². The molecule has 1 N–H and O–H groups in total. The van der Waals surface area contributed by atoms with Crippen LogP contribution in [0.3, 0.4) is 0 Å². The Balaban J connectivity index is 1.53. The Labute approximate surface area is 293 Å². The first-order valence-corrected chi connectivity index (χ1v) is 18.2. The monoisotopic (exact) mass is 707 g/mol. The van der Waals surface area contributed by atoms with E-state index in [4.69, 9.17) is 25.8 Å². The molecular weight excluding hydrogens is 670 g/mol. The third-order valence-corrected chi connectivity index (χ3v) is 9.93. The average Bonchev–Trinajstić information content (AvgIpc) is 3.67. The van der Waals surface area contributed by atoms with Crippen LogP contribution < -0.4 is 19.1 Å². The quantitative estimate of drug-likeness (QED) is 0.0305. The molecule has 12 heteroatoms. The van der Waals surface area contributed by atoms with Gasteiger partial charge in [0, 0.05) is 16.3 Å². The Morgan fingerprint density at radius 1 is 0.896 bits per heavy atom. The van der Waals surface area contributed by atoms with Crippen LogP contribution in [0.1, 0.15) is 69.2 Å². The van der Waals surface area contributed by atoms with Crippen molar-refractivity contribution in [1.82, 2.24) is 10.2 Å². The van der Waals surface area contributed by atoms with Crippen molar-refractivity contribution in [2.45, 2.75) is 62.6 Å². The second kappa shape index (κ2) is 16.9. The minimum Gasteiger partial charge on any atom is -0.507 e. The van der Waals surface area contributed by atoms with Gasteiger partial charge in [0.05, 0.1) is 31.4 Å². The van der Waals surface area contributed by atoms with Crippen molar-refractivity contribution in [2.24, 2.45) is 0 Å². The van der Waals surface area contributed by atoms with Crippen molar-refractivity contribution in [3.05, 3.63) is 94.0 Å². The van der Waals surface area contributed by atoms with Gasteiger partial charge in [0.15, 0.2) is 15.8 Å². The van der Waals surface area contributed by atoms with Crippen molar-refractivity contribution in [3.8, 4) is 17.2 Å². The smallest absolute Gasteiger partial charge is 0.301 e. The van der Waals surface area contributed by atoms with Crippen molar-refractivity contribution in [2.75, 3.05) is 24.7 Å². The first-order valence-electron chi connectivity index (χ1n) is 16.0. The normalized spacial score (nSPS) is 15.6. The number of hydrogen-bond donors (Lipinski definition) is 1. The molecule has 252 valence electrons. The van der Waals surface area contributed by atoms with Gasteiger partial charge in [0.25, 0.3) is 5.78 Å². The number of benzene rings is 3. The molecule has 0 spiro atoms. The molecule has 0 saturated carbocycles. The van der Waals surface area contributed by atoms with Crippen LogP contribution in [0, 0.1) is 0 Å². The third-order valence-electron chi connectivity index (χ3n) is 7.56. The molecule has 0 aliphatic carbocycles. The number of rotatable bonds is 16. The summed E-state index contributed by atoms with van der Waals surface area (Å²) in [6.45, 7) is 7.52. The Hall–Kier alpha value is -4.06. The molecule has 1 saturated heterocycles. The summed E-state index contributed by atoms with van der Waals surface area (Å²) >= 11 is 8.69. The van der Waals surface area contributed by atoms with Crippen molar-refractivity contribution in [3.63, 3.8) is 0 Å². The second-order valence-electron chi connectivity index (χ2n) is 11.0. The molecule has 2 heterocycles. The maximum Gasteiger partial charge on any atom is 0.301 e. The van der Waals surface area contributed by atoms with E-state index < -0.39 is 17.7 Å². The highest BCUT2D eigenvalue weighted by molar-refractivity contribution is 8.00. The zero-order valence-electron chi connectivity index (χ0n) is 27.1. The van der Waals surface area contributed by atoms with E-state index in [9.17, 15) is 14.7 Å². The maximum absolute atomic E-state index is 13.8. The number of thioether (sulfide) groups is 1. The topological polar surface area (TPSA) is 111 Å². The highest BCUT2D eigenvalue weighted by Gasteiger charge is 2.48. The van der Waals surface area contributed by atoms with Crippen molar-refractivity contribution < 1.29 is 28.9 Å². The molecular formula is C36H38ClN3O6S2. The van der Waals surface area contributed by atoms with E-state index in [-0.39, 0.29) is 16.5 Å². The molecule has 0 radical (unpaired) electrons. The molecule has 1 aromatic heterocycles. The second-order valence-corrected chi connectivity index (χ2v) is 13.6. The highest BCUT2D eigenvalue weighted by atomic mass is 35.5.